The second kappa shape index (κ2) is 13.0. The Labute approximate surface area is 230 Å². The van der Waals surface area contributed by atoms with Gasteiger partial charge >= 0.3 is 6.09 Å². The van der Waals surface area contributed by atoms with Crippen LogP contribution in [0, 0.1) is 20.8 Å². The van der Waals surface area contributed by atoms with E-state index in [1.54, 1.807) is 32.9 Å². The molecule has 2 atom stereocenters. The maximum absolute atomic E-state index is 13.9. The van der Waals surface area contributed by atoms with E-state index in [0.29, 0.717) is 16.3 Å². The van der Waals surface area contributed by atoms with Gasteiger partial charge in [-0.25, -0.2) is 4.79 Å². The number of nitrogens with zero attached hydrogens (tertiary/aromatic N) is 1. The van der Waals surface area contributed by atoms with E-state index in [0.717, 1.165) is 16.7 Å². The fraction of sp³-hybridized carbons (Fsp3) is 0.393. The van der Waals surface area contributed by atoms with Gasteiger partial charge in [-0.2, -0.15) is 12.6 Å². The van der Waals surface area contributed by atoms with Gasteiger partial charge in [0.15, 0.2) is 0 Å². The van der Waals surface area contributed by atoms with Gasteiger partial charge in [-0.05, 0) is 58.7 Å². The molecule has 0 spiro atoms. The summed E-state index contributed by atoms with van der Waals surface area (Å²) in [5.74, 6) is -0.959. The smallest absolute Gasteiger partial charge is 0.408 e. The molecule has 0 heterocycles. The molecule has 2 aromatic rings. The standard InChI is InChI=1S/C28H36ClN3O4S/c1-8-12-32(26(34)22(16-37)30-27(35)36-28(5,6)7)24(20-14-17(2)13-18(3)15-20)25(33)31-23-19(4)10-9-11-21(23)29/h8-11,13-15,22,24,37H,1,12,16H2,2-7H3,(H,30,35)(H,31,33). The van der Waals surface area contributed by atoms with Crippen molar-refractivity contribution < 1.29 is 19.1 Å². The number of rotatable bonds is 9. The van der Waals surface area contributed by atoms with E-state index in [1.807, 2.05) is 45.0 Å². The van der Waals surface area contributed by atoms with Crippen LogP contribution in [0.3, 0.4) is 0 Å². The van der Waals surface area contributed by atoms with Crippen molar-refractivity contribution in [3.8, 4) is 0 Å². The third-order valence-electron chi connectivity index (χ3n) is 5.37. The highest BCUT2D eigenvalue weighted by Gasteiger charge is 2.36. The molecular formula is C28H36ClN3O4S. The van der Waals surface area contributed by atoms with Crippen molar-refractivity contribution in [2.45, 2.75) is 59.2 Å². The first-order valence-electron chi connectivity index (χ1n) is 11.9. The average Bonchev–Trinajstić information content (AvgIpc) is 2.77. The van der Waals surface area contributed by atoms with Crippen molar-refractivity contribution in [1.29, 1.82) is 0 Å². The summed E-state index contributed by atoms with van der Waals surface area (Å²) in [6.45, 7) is 14.7. The minimum atomic E-state index is -1.04. The van der Waals surface area contributed by atoms with E-state index >= 15 is 0 Å². The van der Waals surface area contributed by atoms with Crippen molar-refractivity contribution in [2.75, 3.05) is 17.6 Å². The first kappa shape index (κ1) is 30.3. The average molecular weight is 546 g/mol. The lowest BCUT2D eigenvalue weighted by Crippen LogP contribution is -2.53. The van der Waals surface area contributed by atoms with E-state index < -0.39 is 35.6 Å². The van der Waals surface area contributed by atoms with E-state index in [-0.39, 0.29) is 12.3 Å². The molecular weight excluding hydrogens is 510 g/mol. The number of hydrogen-bond acceptors (Lipinski definition) is 5. The van der Waals surface area contributed by atoms with Gasteiger partial charge in [0.25, 0.3) is 5.91 Å². The van der Waals surface area contributed by atoms with Gasteiger partial charge in [-0.3, -0.25) is 9.59 Å². The Balaban J connectivity index is 2.54. The Hall–Kier alpha value is -2.97. The van der Waals surface area contributed by atoms with Gasteiger partial charge in [0.1, 0.15) is 17.7 Å². The van der Waals surface area contributed by atoms with E-state index in [4.69, 9.17) is 16.3 Å². The predicted octanol–water partition coefficient (Wildman–Crippen LogP) is 5.78. The number of hydrogen-bond donors (Lipinski definition) is 3. The zero-order valence-corrected chi connectivity index (χ0v) is 23.9. The second-order valence-electron chi connectivity index (χ2n) is 9.91. The summed E-state index contributed by atoms with van der Waals surface area (Å²) in [7, 11) is 0. The van der Waals surface area contributed by atoms with Crippen molar-refractivity contribution in [3.63, 3.8) is 0 Å². The molecule has 0 aromatic heterocycles. The molecule has 0 aliphatic heterocycles. The first-order valence-corrected chi connectivity index (χ1v) is 12.9. The van der Waals surface area contributed by atoms with Gasteiger partial charge in [0, 0.05) is 12.3 Å². The molecule has 0 saturated carbocycles. The molecule has 0 radical (unpaired) electrons. The van der Waals surface area contributed by atoms with Crippen LogP contribution in [0.15, 0.2) is 49.1 Å². The number of carbonyl (C=O) groups excluding carboxylic acids is 3. The molecule has 0 fully saturated rings. The van der Waals surface area contributed by atoms with Gasteiger partial charge in [0.2, 0.25) is 5.91 Å². The van der Waals surface area contributed by atoms with Crippen molar-refractivity contribution in [2.24, 2.45) is 0 Å². The molecule has 2 rings (SSSR count). The van der Waals surface area contributed by atoms with Gasteiger partial charge in [-0.15, -0.1) is 6.58 Å². The SMILES string of the molecule is C=CCN(C(=O)C(CS)NC(=O)OC(C)(C)C)C(C(=O)Nc1c(C)cccc1Cl)c1cc(C)cc(C)c1. The number of alkyl carbamates (subject to hydrolysis) is 1. The topological polar surface area (TPSA) is 87.7 Å². The lowest BCUT2D eigenvalue weighted by molar-refractivity contribution is -0.139. The monoisotopic (exact) mass is 545 g/mol. The predicted molar refractivity (Wildman–Crippen MR) is 152 cm³/mol. The lowest BCUT2D eigenvalue weighted by Gasteiger charge is -2.34. The van der Waals surface area contributed by atoms with Crippen molar-refractivity contribution in [1.82, 2.24) is 10.2 Å². The highest BCUT2D eigenvalue weighted by atomic mass is 35.5. The summed E-state index contributed by atoms with van der Waals surface area (Å²) in [6.07, 6.45) is 0.780. The summed E-state index contributed by atoms with van der Waals surface area (Å²) in [5.41, 5.74) is 2.98. The molecule has 0 aliphatic rings. The summed E-state index contributed by atoms with van der Waals surface area (Å²) in [4.78, 5) is 41.5. The Bertz CT molecular complexity index is 1120. The zero-order valence-electron chi connectivity index (χ0n) is 22.2. The minimum absolute atomic E-state index is 0.00345. The first-order chi connectivity index (χ1) is 17.3. The number of nitrogens with one attached hydrogen (secondary N) is 2. The summed E-state index contributed by atoms with van der Waals surface area (Å²) >= 11 is 10.7. The maximum Gasteiger partial charge on any atom is 0.408 e. The third-order valence-corrected chi connectivity index (χ3v) is 6.05. The fourth-order valence-corrected chi connectivity index (χ4v) is 4.44. The maximum atomic E-state index is 13.9. The Kier molecular flexibility index (Phi) is 10.6. The Morgan fingerprint density at radius 2 is 1.76 bits per heavy atom. The summed E-state index contributed by atoms with van der Waals surface area (Å²) in [5, 5.41) is 5.87. The minimum Gasteiger partial charge on any atom is -0.444 e. The highest BCUT2D eigenvalue weighted by Crippen LogP contribution is 2.30. The van der Waals surface area contributed by atoms with Gasteiger partial charge in [-0.1, -0.05) is 59.1 Å². The molecule has 7 nitrogen and oxygen atoms in total. The lowest BCUT2D eigenvalue weighted by atomic mass is 9.98. The number of para-hydroxylation sites is 1. The number of halogens is 1. The van der Waals surface area contributed by atoms with Crippen LogP contribution < -0.4 is 10.6 Å². The Morgan fingerprint density at radius 1 is 1.14 bits per heavy atom. The molecule has 37 heavy (non-hydrogen) atoms. The molecule has 3 amide bonds. The molecule has 2 N–H and O–H groups in total. The van der Waals surface area contributed by atoms with Gasteiger partial charge < -0.3 is 20.3 Å². The summed E-state index contributed by atoms with van der Waals surface area (Å²) < 4.78 is 5.32. The van der Waals surface area contributed by atoms with Crippen LogP contribution in [0.4, 0.5) is 10.5 Å². The van der Waals surface area contributed by atoms with Crippen LogP contribution in [0.25, 0.3) is 0 Å². The van der Waals surface area contributed by atoms with Crippen LogP contribution >= 0.6 is 24.2 Å². The van der Waals surface area contributed by atoms with E-state index in [2.05, 4.69) is 29.8 Å². The number of thiol groups is 1. The number of aryl methyl sites for hydroxylation is 3. The summed E-state index contributed by atoms with van der Waals surface area (Å²) in [6, 6.07) is 8.93. The fourth-order valence-electron chi connectivity index (χ4n) is 3.92. The second-order valence-corrected chi connectivity index (χ2v) is 10.7. The number of benzene rings is 2. The van der Waals surface area contributed by atoms with Gasteiger partial charge in [0.05, 0.1) is 10.7 Å². The van der Waals surface area contributed by atoms with Crippen LogP contribution in [-0.2, 0) is 14.3 Å². The van der Waals surface area contributed by atoms with Crippen LogP contribution in [0.5, 0.6) is 0 Å². The van der Waals surface area contributed by atoms with E-state index in [9.17, 15) is 14.4 Å². The van der Waals surface area contributed by atoms with E-state index in [1.165, 1.54) is 11.0 Å². The normalized spacial score (nSPS) is 12.8. The number of carbonyl (C=O) groups is 3. The van der Waals surface area contributed by atoms with Crippen LogP contribution in [0.2, 0.25) is 5.02 Å². The number of anilines is 1. The molecule has 0 saturated heterocycles. The Morgan fingerprint density at radius 3 is 2.27 bits per heavy atom. The third kappa shape index (κ3) is 8.54. The highest BCUT2D eigenvalue weighted by molar-refractivity contribution is 7.80. The molecule has 9 heteroatoms. The van der Waals surface area contributed by atoms with Crippen LogP contribution in [-0.4, -0.2) is 46.7 Å². The number of ether oxygens (including phenoxy) is 1. The molecule has 0 aliphatic carbocycles. The molecule has 200 valence electrons. The zero-order chi connectivity index (χ0) is 27.9. The molecule has 2 aromatic carbocycles. The largest absolute Gasteiger partial charge is 0.444 e. The van der Waals surface area contributed by atoms with Crippen molar-refractivity contribution >= 4 is 47.8 Å². The molecule has 0 bridgehead atoms. The number of amides is 3. The molecule has 2 unspecified atom stereocenters. The van der Waals surface area contributed by atoms with Crippen molar-refractivity contribution in [3.05, 3.63) is 76.3 Å². The quantitative estimate of drug-likeness (QED) is 0.275. The van der Waals surface area contributed by atoms with Crippen LogP contribution in [0.1, 0.15) is 49.1 Å².